The highest BCUT2D eigenvalue weighted by Gasteiger charge is 2.11. The van der Waals surface area contributed by atoms with E-state index in [1.165, 1.54) is 11.6 Å². The van der Waals surface area contributed by atoms with E-state index in [1.807, 2.05) is 19.2 Å². The van der Waals surface area contributed by atoms with Crippen LogP contribution in [0.2, 0.25) is 0 Å². The van der Waals surface area contributed by atoms with Gasteiger partial charge in [-0.05, 0) is 56.3 Å². The minimum absolute atomic E-state index is 0.0230. The molecule has 5 N–H and O–H groups in total. The van der Waals surface area contributed by atoms with Crippen LogP contribution in [0, 0.1) is 5.92 Å². The Labute approximate surface area is 178 Å². The van der Waals surface area contributed by atoms with Gasteiger partial charge in [0.25, 0.3) is 0 Å². The van der Waals surface area contributed by atoms with Crippen LogP contribution in [0.4, 0.5) is 10.1 Å². The van der Waals surface area contributed by atoms with Crippen LogP contribution in [-0.2, 0) is 0 Å². The van der Waals surface area contributed by atoms with Gasteiger partial charge in [0.15, 0.2) is 0 Å². The van der Waals surface area contributed by atoms with E-state index in [0.717, 1.165) is 12.1 Å². The Kier molecular flexibility index (Phi) is 9.19. The number of rotatable bonds is 6. The molecule has 2 aromatic rings. The van der Waals surface area contributed by atoms with Crippen LogP contribution in [0.1, 0.15) is 42.4 Å². The smallest absolute Gasteiger partial charge is 0.119 e. The summed E-state index contributed by atoms with van der Waals surface area (Å²) in [4.78, 5) is 4.35. The average Bonchev–Trinajstić information content (AvgIpc) is 2.78. The van der Waals surface area contributed by atoms with Gasteiger partial charge in [-0.15, -0.1) is 0 Å². The largest absolute Gasteiger partial charge is 0.397 e. The zero-order valence-corrected chi connectivity index (χ0v) is 17.6. The van der Waals surface area contributed by atoms with Crippen molar-refractivity contribution in [2.45, 2.75) is 25.4 Å². The van der Waals surface area contributed by atoms with Crippen molar-refractivity contribution in [2.24, 2.45) is 11.7 Å². The molecule has 1 aromatic carbocycles. The van der Waals surface area contributed by atoms with Crippen molar-refractivity contribution in [1.29, 1.82) is 0 Å². The van der Waals surface area contributed by atoms with E-state index >= 15 is 0 Å². The molecule has 4 nitrogen and oxygen atoms in total. The molecule has 30 heavy (non-hydrogen) atoms. The van der Waals surface area contributed by atoms with Crippen LogP contribution in [0.15, 0.2) is 85.3 Å². The fourth-order valence-corrected chi connectivity index (χ4v) is 2.94. The predicted octanol–water partition coefficient (Wildman–Crippen LogP) is 5.26. The van der Waals surface area contributed by atoms with Crippen LogP contribution >= 0.6 is 0 Å². The maximum Gasteiger partial charge on any atom is 0.119 e. The fraction of sp³-hybridized carbons (Fsp3) is 0.240. The van der Waals surface area contributed by atoms with E-state index in [0.29, 0.717) is 17.4 Å². The van der Waals surface area contributed by atoms with E-state index in [1.54, 1.807) is 36.4 Å². The normalized spacial score (nSPS) is 17.6. The molecule has 0 aliphatic heterocycles. The molecule has 1 heterocycles. The second-order valence-corrected chi connectivity index (χ2v) is 7.10. The van der Waals surface area contributed by atoms with Gasteiger partial charge >= 0.3 is 0 Å². The number of allylic oxidation sites excluding steroid dienone is 5. The zero-order valence-electron chi connectivity index (χ0n) is 17.6. The molecule has 0 radical (unpaired) electrons. The van der Waals surface area contributed by atoms with Crippen LogP contribution in [0.25, 0.3) is 6.08 Å². The molecule has 0 bridgehead atoms. The summed E-state index contributed by atoms with van der Waals surface area (Å²) >= 11 is 0. The number of hydrogen-bond acceptors (Lipinski definition) is 4. The van der Waals surface area contributed by atoms with E-state index in [4.69, 9.17) is 11.5 Å². The molecule has 1 aliphatic rings. The van der Waals surface area contributed by atoms with Gasteiger partial charge in [0.05, 0.1) is 23.1 Å². The summed E-state index contributed by atoms with van der Waals surface area (Å²) in [5.74, 6) is -0.194. The fourth-order valence-electron chi connectivity index (χ4n) is 2.94. The molecule has 3 unspecified atom stereocenters. The summed E-state index contributed by atoms with van der Waals surface area (Å²) in [5, 5.41) is 3.18. The lowest BCUT2D eigenvalue weighted by atomic mass is 9.98. The van der Waals surface area contributed by atoms with Crippen LogP contribution in [-0.4, -0.2) is 12.0 Å². The van der Waals surface area contributed by atoms with Gasteiger partial charge in [0.1, 0.15) is 5.83 Å². The Morgan fingerprint density at radius 2 is 1.97 bits per heavy atom. The lowest BCUT2D eigenvalue weighted by Gasteiger charge is -2.12. The molecule has 158 valence electrons. The maximum absolute atomic E-state index is 13.1. The number of pyridine rings is 1. The second kappa shape index (κ2) is 11.9. The second-order valence-electron chi connectivity index (χ2n) is 7.10. The van der Waals surface area contributed by atoms with Gasteiger partial charge in [-0.25, -0.2) is 9.37 Å². The lowest BCUT2D eigenvalue weighted by molar-refractivity contribution is 0.633. The number of halogens is 1. The molecule has 3 rings (SSSR count). The lowest BCUT2D eigenvalue weighted by Crippen LogP contribution is -2.13. The quantitative estimate of drug-likeness (QED) is 0.572. The van der Waals surface area contributed by atoms with Gasteiger partial charge in [-0.3, -0.25) is 0 Å². The van der Waals surface area contributed by atoms with E-state index < -0.39 is 6.04 Å². The van der Waals surface area contributed by atoms with Crippen molar-refractivity contribution in [1.82, 2.24) is 10.3 Å². The molecule has 0 saturated heterocycles. The Morgan fingerprint density at radius 1 is 1.23 bits per heavy atom. The Bertz CT molecular complexity index is 903. The molecular weight excluding hydrogens is 375 g/mol. The highest BCUT2D eigenvalue weighted by molar-refractivity contribution is 5.52. The Hall–Kier alpha value is -3.02. The number of anilines is 1. The molecule has 5 heteroatoms. The van der Waals surface area contributed by atoms with E-state index in [-0.39, 0.29) is 11.7 Å². The number of nitrogens with one attached hydrogen (secondary N) is 1. The summed E-state index contributed by atoms with van der Waals surface area (Å²) in [5.41, 5.74) is 15.2. The summed E-state index contributed by atoms with van der Waals surface area (Å²) in [7, 11) is 1.97. The van der Waals surface area contributed by atoms with E-state index in [9.17, 15) is 4.39 Å². The molecule has 0 spiro atoms. The highest BCUT2D eigenvalue weighted by atomic mass is 19.1. The first kappa shape index (κ1) is 23.3. The van der Waals surface area contributed by atoms with Gasteiger partial charge < -0.3 is 16.8 Å². The van der Waals surface area contributed by atoms with Crippen molar-refractivity contribution in [2.75, 3.05) is 12.8 Å². The highest BCUT2D eigenvalue weighted by Crippen LogP contribution is 2.22. The SMILES string of the molecule is C=Cc1ccc(N)c(C(N)/C=C/C2C=C(F)C=CC2)n1.CNC(C)c1ccccc1. The van der Waals surface area contributed by atoms with Crippen molar-refractivity contribution in [3.8, 4) is 0 Å². The molecule has 0 fully saturated rings. The third kappa shape index (κ3) is 7.10. The van der Waals surface area contributed by atoms with Crippen LogP contribution in [0.5, 0.6) is 0 Å². The Balaban J connectivity index is 0.000000269. The number of aromatic nitrogens is 1. The van der Waals surface area contributed by atoms with Gasteiger partial charge in [0, 0.05) is 12.0 Å². The molecule has 1 aromatic heterocycles. The van der Waals surface area contributed by atoms with Crippen molar-refractivity contribution >= 4 is 11.8 Å². The minimum Gasteiger partial charge on any atom is -0.397 e. The third-order valence-corrected chi connectivity index (χ3v) is 4.86. The summed E-state index contributed by atoms with van der Waals surface area (Å²) in [6, 6.07) is 14.0. The average molecular weight is 407 g/mol. The topological polar surface area (TPSA) is 77.0 Å². The van der Waals surface area contributed by atoms with Gasteiger partial charge in [0.2, 0.25) is 0 Å². The number of benzene rings is 1. The number of nitrogen functional groups attached to an aromatic ring is 1. The van der Waals surface area contributed by atoms with Crippen LogP contribution in [0.3, 0.4) is 0 Å². The predicted molar refractivity (Wildman–Crippen MR) is 125 cm³/mol. The summed E-state index contributed by atoms with van der Waals surface area (Å²) in [6.07, 6.45) is 10.9. The zero-order chi connectivity index (χ0) is 21.9. The van der Waals surface area contributed by atoms with Crippen molar-refractivity contribution < 1.29 is 4.39 Å². The van der Waals surface area contributed by atoms with Gasteiger partial charge in [-0.2, -0.15) is 0 Å². The number of nitrogens with zero attached hydrogens (tertiary/aromatic N) is 1. The first-order chi connectivity index (χ1) is 14.4. The minimum atomic E-state index is -0.419. The first-order valence-electron chi connectivity index (χ1n) is 10.0. The van der Waals surface area contributed by atoms with Crippen LogP contribution < -0.4 is 16.8 Å². The monoisotopic (exact) mass is 406 g/mol. The first-order valence-corrected chi connectivity index (χ1v) is 10.0. The molecular formula is C25H31FN4. The summed E-state index contributed by atoms with van der Waals surface area (Å²) < 4.78 is 13.1. The number of hydrogen-bond donors (Lipinski definition) is 3. The maximum atomic E-state index is 13.1. The summed E-state index contributed by atoms with van der Waals surface area (Å²) in [6.45, 7) is 5.82. The molecule has 0 amide bonds. The standard InChI is InChI=1S/C16H18FN3.C9H13N/c1-2-13-7-9-15(19)16(20-13)14(18)8-6-11-4-3-5-12(17)10-11;1-8(10-2)9-6-4-3-5-7-9/h2-3,5-11,14H,1,4,18-19H2;3-8,10H,1-2H3/b8-6+;. The third-order valence-electron chi connectivity index (χ3n) is 4.86. The number of nitrogens with two attached hydrogens (primary N) is 2. The van der Waals surface area contributed by atoms with Crippen molar-refractivity contribution in [3.05, 3.63) is 102 Å². The van der Waals surface area contributed by atoms with E-state index in [2.05, 4.69) is 48.1 Å². The molecule has 0 saturated carbocycles. The Morgan fingerprint density at radius 3 is 2.60 bits per heavy atom. The van der Waals surface area contributed by atoms with Crippen molar-refractivity contribution in [3.63, 3.8) is 0 Å². The molecule has 3 atom stereocenters. The molecule has 1 aliphatic carbocycles. The van der Waals surface area contributed by atoms with Gasteiger partial charge in [-0.1, -0.05) is 55.1 Å².